The molecule has 5 nitrogen and oxygen atoms in total. The molecule has 0 saturated carbocycles. The zero-order chi connectivity index (χ0) is 19.1. The average molecular weight is 363 g/mol. The number of esters is 1. The van der Waals surface area contributed by atoms with Crippen molar-refractivity contribution in [3.8, 4) is 5.75 Å². The number of anilines is 1. The van der Waals surface area contributed by atoms with Crippen LogP contribution in [0.3, 0.4) is 0 Å². The molecule has 0 bridgehead atoms. The van der Waals surface area contributed by atoms with Crippen molar-refractivity contribution in [1.29, 1.82) is 0 Å². The highest BCUT2D eigenvalue weighted by Gasteiger charge is 2.15. The number of benzene rings is 2. The van der Waals surface area contributed by atoms with Crippen molar-refractivity contribution in [2.75, 3.05) is 18.5 Å². The number of rotatable bonds is 7. The summed E-state index contributed by atoms with van der Waals surface area (Å²) in [6.45, 7) is 3.81. The summed E-state index contributed by atoms with van der Waals surface area (Å²) in [5.74, 6) is -2.60. The smallest absolute Gasteiger partial charge is 0.338 e. The van der Waals surface area contributed by atoms with Gasteiger partial charge in [-0.2, -0.15) is 0 Å². The van der Waals surface area contributed by atoms with E-state index in [9.17, 15) is 18.4 Å². The Balaban J connectivity index is 1.92. The Bertz CT molecular complexity index is 773. The predicted octanol–water partition coefficient (Wildman–Crippen LogP) is 3.80. The number of amides is 1. The Morgan fingerprint density at radius 3 is 2.38 bits per heavy atom. The van der Waals surface area contributed by atoms with Gasteiger partial charge in [-0.05, 0) is 36.2 Å². The highest BCUT2D eigenvalue weighted by molar-refractivity contribution is 5.95. The minimum atomic E-state index is -0.917. The summed E-state index contributed by atoms with van der Waals surface area (Å²) < 4.78 is 37.3. The molecule has 0 aromatic heterocycles. The summed E-state index contributed by atoms with van der Waals surface area (Å²) in [5.41, 5.74) is -0.381. The molecule has 2 aromatic carbocycles. The molecular formula is C19H19F2NO4. The average Bonchev–Trinajstić information content (AvgIpc) is 2.61. The van der Waals surface area contributed by atoms with Crippen LogP contribution in [0.2, 0.25) is 0 Å². The summed E-state index contributed by atoms with van der Waals surface area (Å²) in [5, 5.41) is 2.04. The Kier molecular flexibility index (Phi) is 6.66. The molecule has 0 aliphatic rings. The van der Waals surface area contributed by atoms with Crippen LogP contribution < -0.4 is 10.1 Å². The molecule has 2 rings (SSSR count). The molecule has 138 valence electrons. The van der Waals surface area contributed by atoms with Gasteiger partial charge in [-0.25, -0.2) is 13.6 Å². The maximum absolute atomic E-state index is 13.5. The van der Waals surface area contributed by atoms with E-state index < -0.39 is 35.8 Å². The van der Waals surface area contributed by atoms with Gasteiger partial charge in [-0.3, -0.25) is 4.79 Å². The minimum absolute atomic E-state index is 0.205. The Labute approximate surface area is 149 Å². The van der Waals surface area contributed by atoms with Gasteiger partial charge in [0.1, 0.15) is 23.1 Å². The van der Waals surface area contributed by atoms with Gasteiger partial charge >= 0.3 is 5.97 Å². The van der Waals surface area contributed by atoms with E-state index in [2.05, 4.69) is 0 Å². The normalized spacial score (nSPS) is 10.5. The number of para-hydroxylation sites is 1. The Hall–Kier alpha value is -2.96. The van der Waals surface area contributed by atoms with Crippen molar-refractivity contribution in [2.24, 2.45) is 5.92 Å². The second-order valence-electron chi connectivity index (χ2n) is 5.95. The van der Waals surface area contributed by atoms with Crippen molar-refractivity contribution >= 4 is 17.6 Å². The summed E-state index contributed by atoms with van der Waals surface area (Å²) >= 11 is 0. The number of ether oxygens (including phenoxy) is 2. The monoisotopic (exact) mass is 363 g/mol. The molecule has 7 heteroatoms. The van der Waals surface area contributed by atoms with Gasteiger partial charge in [0.2, 0.25) is 0 Å². The fraction of sp³-hybridized carbons (Fsp3) is 0.263. The molecule has 0 spiro atoms. The van der Waals surface area contributed by atoms with E-state index in [1.165, 1.54) is 18.2 Å². The zero-order valence-electron chi connectivity index (χ0n) is 14.4. The highest BCUT2D eigenvalue weighted by atomic mass is 19.1. The van der Waals surface area contributed by atoms with Crippen LogP contribution in [0.5, 0.6) is 5.75 Å². The number of hydrogen-bond acceptors (Lipinski definition) is 4. The van der Waals surface area contributed by atoms with Crippen molar-refractivity contribution in [2.45, 2.75) is 13.8 Å². The van der Waals surface area contributed by atoms with Crippen LogP contribution in [0.4, 0.5) is 14.5 Å². The first kappa shape index (κ1) is 19.4. The van der Waals surface area contributed by atoms with Crippen LogP contribution in [0, 0.1) is 17.6 Å². The van der Waals surface area contributed by atoms with Gasteiger partial charge in [0.15, 0.2) is 6.61 Å². The van der Waals surface area contributed by atoms with Crippen LogP contribution in [-0.2, 0) is 9.53 Å². The number of carbonyl (C=O) groups is 2. The molecule has 0 saturated heterocycles. The van der Waals surface area contributed by atoms with Crippen molar-refractivity contribution < 1.29 is 27.8 Å². The summed E-state index contributed by atoms with van der Waals surface area (Å²) in [6, 6.07) is 9.53. The van der Waals surface area contributed by atoms with Crippen LogP contribution in [0.15, 0.2) is 42.5 Å². The first-order chi connectivity index (χ1) is 12.4. The van der Waals surface area contributed by atoms with Crippen LogP contribution in [0.1, 0.15) is 24.2 Å². The molecule has 0 fully saturated rings. The summed E-state index contributed by atoms with van der Waals surface area (Å²) in [7, 11) is 0. The molecule has 1 amide bonds. The summed E-state index contributed by atoms with van der Waals surface area (Å²) in [6.07, 6.45) is 0. The lowest BCUT2D eigenvalue weighted by atomic mass is 10.2. The fourth-order valence-electron chi connectivity index (χ4n) is 1.98. The van der Waals surface area contributed by atoms with E-state index in [0.717, 1.165) is 12.1 Å². The second-order valence-corrected chi connectivity index (χ2v) is 5.95. The Morgan fingerprint density at radius 1 is 1.08 bits per heavy atom. The molecule has 0 unspecified atom stereocenters. The first-order valence-electron chi connectivity index (χ1n) is 8.00. The first-order valence-corrected chi connectivity index (χ1v) is 8.00. The maximum atomic E-state index is 13.5. The lowest BCUT2D eigenvalue weighted by Gasteiger charge is -2.10. The second kappa shape index (κ2) is 8.94. The van der Waals surface area contributed by atoms with E-state index in [4.69, 9.17) is 9.47 Å². The SMILES string of the molecule is CC(C)COc1cccc(C(=O)OCC(=O)Nc2c(F)cccc2F)c1. The lowest BCUT2D eigenvalue weighted by Crippen LogP contribution is -2.22. The van der Waals surface area contributed by atoms with E-state index in [-0.39, 0.29) is 5.56 Å². The third kappa shape index (κ3) is 5.54. The molecule has 1 N–H and O–H groups in total. The molecule has 0 atom stereocenters. The standard InChI is InChI=1S/C19H19F2NO4/c1-12(2)10-25-14-6-3-5-13(9-14)19(24)26-11-17(23)22-18-15(20)7-4-8-16(18)21/h3-9,12H,10-11H2,1-2H3,(H,22,23). The van der Waals surface area contributed by atoms with Crippen molar-refractivity contribution in [3.63, 3.8) is 0 Å². The van der Waals surface area contributed by atoms with Gasteiger partial charge in [0, 0.05) is 0 Å². The topological polar surface area (TPSA) is 64.6 Å². The fourth-order valence-corrected chi connectivity index (χ4v) is 1.98. The van der Waals surface area contributed by atoms with Crippen molar-refractivity contribution in [3.05, 3.63) is 59.7 Å². The molecule has 0 aliphatic heterocycles. The molecule has 0 heterocycles. The molecule has 0 aliphatic carbocycles. The minimum Gasteiger partial charge on any atom is -0.493 e. The van der Waals surface area contributed by atoms with Crippen LogP contribution in [0.25, 0.3) is 0 Å². The maximum Gasteiger partial charge on any atom is 0.338 e. The molecular weight excluding hydrogens is 344 g/mol. The van der Waals surface area contributed by atoms with Crippen LogP contribution in [-0.4, -0.2) is 25.1 Å². The van der Waals surface area contributed by atoms with Gasteiger partial charge < -0.3 is 14.8 Å². The van der Waals surface area contributed by atoms with Gasteiger partial charge in [0.05, 0.1) is 12.2 Å². The third-order valence-electron chi connectivity index (χ3n) is 3.21. The quantitative estimate of drug-likeness (QED) is 0.760. The van der Waals surface area contributed by atoms with Gasteiger partial charge in [-0.15, -0.1) is 0 Å². The van der Waals surface area contributed by atoms with Crippen molar-refractivity contribution in [1.82, 2.24) is 0 Å². The van der Waals surface area contributed by atoms with Gasteiger partial charge in [0.25, 0.3) is 5.91 Å². The number of nitrogens with one attached hydrogen (secondary N) is 1. The van der Waals surface area contributed by atoms with Gasteiger partial charge in [-0.1, -0.05) is 26.0 Å². The zero-order valence-corrected chi connectivity index (χ0v) is 14.4. The van der Waals surface area contributed by atoms with E-state index in [1.807, 2.05) is 19.2 Å². The van der Waals surface area contributed by atoms with E-state index in [1.54, 1.807) is 12.1 Å². The largest absolute Gasteiger partial charge is 0.493 e. The third-order valence-corrected chi connectivity index (χ3v) is 3.21. The number of halogens is 2. The van der Waals surface area contributed by atoms with Crippen LogP contribution >= 0.6 is 0 Å². The predicted molar refractivity (Wildman–Crippen MR) is 92.0 cm³/mol. The summed E-state index contributed by atoms with van der Waals surface area (Å²) in [4.78, 5) is 23.8. The molecule has 26 heavy (non-hydrogen) atoms. The molecule has 0 radical (unpaired) electrons. The van der Waals surface area contributed by atoms with E-state index in [0.29, 0.717) is 18.3 Å². The Morgan fingerprint density at radius 2 is 1.73 bits per heavy atom. The molecule has 2 aromatic rings. The highest BCUT2D eigenvalue weighted by Crippen LogP contribution is 2.18. The number of hydrogen-bond donors (Lipinski definition) is 1. The lowest BCUT2D eigenvalue weighted by molar-refractivity contribution is -0.119. The van der Waals surface area contributed by atoms with E-state index >= 15 is 0 Å². The number of carbonyl (C=O) groups excluding carboxylic acids is 2.